The van der Waals surface area contributed by atoms with Crippen LogP contribution in [0.25, 0.3) is 5.69 Å². The van der Waals surface area contributed by atoms with E-state index in [2.05, 4.69) is 10.4 Å². The SMILES string of the molecule is Fc1cccc(-n2cc(C3CCNC3)cn2)c1. The first-order valence-electron chi connectivity index (χ1n) is 5.84. The molecule has 0 amide bonds. The molecule has 2 aromatic rings. The topological polar surface area (TPSA) is 29.9 Å². The van der Waals surface area contributed by atoms with E-state index in [0.717, 1.165) is 25.2 Å². The van der Waals surface area contributed by atoms with Gasteiger partial charge in [-0.15, -0.1) is 0 Å². The monoisotopic (exact) mass is 231 g/mol. The third-order valence-electron chi connectivity index (χ3n) is 3.21. The van der Waals surface area contributed by atoms with Crippen molar-refractivity contribution in [2.24, 2.45) is 0 Å². The summed E-state index contributed by atoms with van der Waals surface area (Å²) >= 11 is 0. The Labute approximate surface area is 99.3 Å². The first kappa shape index (κ1) is 10.5. The Morgan fingerprint density at radius 3 is 3.12 bits per heavy atom. The number of aromatic nitrogens is 2. The van der Waals surface area contributed by atoms with Crippen molar-refractivity contribution < 1.29 is 4.39 Å². The molecular formula is C13H14FN3. The zero-order valence-electron chi connectivity index (χ0n) is 9.44. The Kier molecular flexibility index (Phi) is 2.65. The maximum atomic E-state index is 13.1. The summed E-state index contributed by atoms with van der Waals surface area (Å²) in [4.78, 5) is 0. The van der Waals surface area contributed by atoms with Crippen LogP contribution < -0.4 is 5.32 Å². The summed E-state index contributed by atoms with van der Waals surface area (Å²) in [5, 5.41) is 7.63. The maximum Gasteiger partial charge on any atom is 0.125 e. The van der Waals surface area contributed by atoms with Crippen LogP contribution in [0.1, 0.15) is 17.9 Å². The highest BCUT2D eigenvalue weighted by atomic mass is 19.1. The minimum Gasteiger partial charge on any atom is -0.316 e. The lowest BCUT2D eigenvalue weighted by atomic mass is 10.0. The third kappa shape index (κ3) is 2.08. The molecule has 1 aromatic heterocycles. The van der Waals surface area contributed by atoms with Crippen LogP contribution in [0.5, 0.6) is 0 Å². The highest BCUT2D eigenvalue weighted by molar-refractivity contribution is 5.32. The summed E-state index contributed by atoms with van der Waals surface area (Å²) in [6, 6.07) is 6.48. The molecule has 1 fully saturated rings. The number of hydrogen-bond acceptors (Lipinski definition) is 2. The molecule has 1 aliphatic heterocycles. The van der Waals surface area contributed by atoms with Crippen molar-refractivity contribution in [2.45, 2.75) is 12.3 Å². The van der Waals surface area contributed by atoms with E-state index in [1.807, 2.05) is 18.5 Å². The van der Waals surface area contributed by atoms with Crippen molar-refractivity contribution in [2.75, 3.05) is 13.1 Å². The average Bonchev–Trinajstić information content (AvgIpc) is 3.00. The Balaban J connectivity index is 1.89. The van der Waals surface area contributed by atoms with Gasteiger partial charge in [0.25, 0.3) is 0 Å². The molecule has 0 radical (unpaired) electrons. The lowest BCUT2D eigenvalue weighted by Crippen LogP contribution is -2.07. The number of hydrogen-bond donors (Lipinski definition) is 1. The van der Waals surface area contributed by atoms with Crippen LogP contribution in [0.3, 0.4) is 0 Å². The van der Waals surface area contributed by atoms with Crippen LogP contribution in [0.4, 0.5) is 4.39 Å². The fraction of sp³-hybridized carbons (Fsp3) is 0.308. The number of nitrogens with zero attached hydrogens (tertiary/aromatic N) is 2. The number of rotatable bonds is 2. The van der Waals surface area contributed by atoms with E-state index < -0.39 is 0 Å². The van der Waals surface area contributed by atoms with Crippen molar-refractivity contribution in [3.63, 3.8) is 0 Å². The summed E-state index contributed by atoms with van der Waals surface area (Å²) in [6.45, 7) is 2.07. The number of nitrogens with one attached hydrogen (secondary N) is 1. The van der Waals surface area contributed by atoms with E-state index in [0.29, 0.717) is 5.92 Å². The van der Waals surface area contributed by atoms with Crippen LogP contribution in [0.2, 0.25) is 0 Å². The van der Waals surface area contributed by atoms with Crippen LogP contribution in [-0.2, 0) is 0 Å². The molecule has 0 saturated carbocycles. The second kappa shape index (κ2) is 4.30. The van der Waals surface area contributed by atoms with Crippen LogP contribution in [0.15, 0.2) is 36.7 Å². The predicted molar refractivity (Wildman–Crippen MR) is 63.7 cm³/mol. The van der Waals surface area contributed by atoms with E-state index in [4.69, 9.17) is 0 Å². The molecule has 1 aliphatic rings. The summed E-state index contributed by atoms with van der Waals surface area (Å²) in [5.41, 5.74) is 1.99. The molecule has 17 heavy (non-hydrogen) atoms. The van der Waals surface area contributed by atoms with Gasteiger partial charge in [0, 0.05) is 18.7 Å². The average molecular weight is 231 g/mol. The van der Waals surface area contributed by atoms with E-state index in [9.17, 15) is 4.39 Å². The van der Waals surface area contributed by atoms with Gasteiger partial charge in [-0.3, -0.25) is 0 Å². The molecule has 3 rings (SSSR count). The Morgan fingerprint density at radius 2 is 2.35 bits per heavy atom. The first-order chi connectivity index (χ1) is 8.33. The van der Waals surface area contributed by atoms with Crippen molar-refractivity contribution in [1.82, 2.24) is 15.1 Å². The van der Waals surface area contributed by atoms with Gasteiger partial charge in [-0.25, -0.2) is 9.07 Å². The lowest BCUT2D eigenvalue weighted by molar-refractivity contribution is 0.625. The molecule has 1 aromatic carbocycles. The molecule has 0 spiro atoms. The molecule has 2 heterocycles. The van der Waals surface area contributed by atoms with Gasteiger partial charge in [-0.2, -0.15) is 5.10 Å². The summed E-state index contributed by atoms with van der Waals surface area (Å²) in [5.74, 6) is 0.305. The highest BCUT2D eigenvalue weighted by Crippen LogP contribution is 2.22. The fourth-order valence-electron chi connectivity index (χ4n) is 2.25. The minimum atomic E-state index is -0.234. The van der Waals surface area contributed by atoms with Crippen LogP contribution in [0, 0.1) is 5.82 Å². The third-order valence-corrected chi connectivity index (χ3v) is 3.21. The normalized spacial score (nSPS) is 19.7. The molecule has 1 unspecified atom stereocenters. The Hall–Kier alpha value is -1.68. The molecule has 88 valence electrons. The van der Waals surface area contributed by atoms with Gasteiger partial charge in [-0.1, -0.05) is 6.07 Å². The minimum absolute atomic E-state index is 0.234. The zero-order valence-corrected chi connectivity index (χ0v) is 9.44. The van der Waals surface area contributed by atoms with Gasteiger partial charge in [0.15, 0.2) is 0 Å². The van der Waals surface area contributed by atoms with Crippen LogP contribution >= 0.6 is 0 Å². The van der Waals surface area contributed by atoms with Crippen LogP contribution in [-0.4, -0.2) is 22.9 Å². The van der Waals surface area contributed by atoms with Gasteiger partial charge >= 0.3 is 0 Å². The molecule has 4 heteroatoms. The smallest absolute Gasteiger partial charge is 0.125 e. The molecule has 3 nitrogen and oxygen atoms in total. The fourth-order valence-corrected chi connectivity index (χ4v) is 2.25. The summed E-state index contributed by atoms with van der Waals surface area (Å²) < 4.78 is 14.8. The maximum absolute atomic E-state index is 13.1. The van der Waals surface area contributed by atoms with Crippen molar-refractivity contribution in [1.29, 1.82) is 0 Å². The van der Waals surface area contributed by atoms with Gasteiger partial charge in [-0.05, 0) is 36.7 Å². The van der Waals surface area contributed by atoms with Crippen molar-refractivity contribution in [3.05, 3.63) is 48.0 Å². The Bertz CT molecular complexity index is 515. The highest BCUT2D eigenvalue weighted by Gasteiger charge is 2.18. The second-order valence-corrected chi connectivity index (χ2v) is 4.39. The second-order valence-electron chi connectivity index (χ2n) is 4.39. The molecule has 1 atom stereocenters. The molecule has 1 saturated heterocycles. The Morgan fingerprint density at radius 1 is 1.41 bits per heavy atom. The van der Waals surface area contributed by atoms with Gasteiger partial charge in [0.2, 0.25) is 0 Å². The lowest BCUT2D eigenvalue weighted by Gasteiger charge is -2.03. The number of halogens is 1. The van der Waals surface area contributed by atoms with E-state index in [1.165, 1.54) is 17.7 Å². The largest absolute Gasteiger partial charge is 0.316 e. The molecule has 0 bridgehead atoms. The summed E-state index contributed by atoms with van der Waals surface area (Å²) in [7, 11) is 0. The predicted octanol–water partition coefficient (Wildman–Crippen LogP) is 2.09. The van der Waals surface area contributed by atoms with Crippen molar-refractivity contribution >= 4 is 0 Å². The molecule has 1 N–H and O–H groups in total. The standard InChI is InChI=1S/C13H14FN3/c14-12-2-1-3-13(6-12)17-9-11(8-16-17)10-4-5-15-7-10/h1-3,6,8-10,15H,4-5,7H2. The van der Waals surface area contributed by atoms with Gasteiger partial charge in [0.05, 0.1) is 11.9 Å². The number of benzene rings is 1. The van der Waals surface area contributed by atoms with Gasteiger partial charge in [0.1, 0.15) is 5.82 Å². The molecule has 0 aliphatic carbocycles. The van der Waals surface area contributed by atoms with Gasteiger partial charge < -0.3 is 5.32 Å². The zero-order chi connectivity index (χ0) is 11.7. The first-order valence-corrected chi connectivity index (χ1v) is 5.84. The van der Waals surface area contributed by atoms with E-state index >= 15 is 0 Å². The van der Waals surface area contributed by atoms with Crippen molar-refractivity contribution in [3.8, 4) is 5.69 Å². The van der Waals surface area contributed by atoms with E-state index in [-0.39, 0.29) is 5.82 Å². The summed E-state index contributed by atoms with van der Waals surface area (Å²) in [6.07, 6.45) is 5.02. The molecular weight excluding hydrogens is 217 g/mol. The quantitative estimate of drug-likeness (QED) is 0.857. The van der Waals surface area contributed by atoms with E-state index in [1.54, 1.807) is 10.7 Å².